The van der Waals surface area contributed by atoms with Crippen LogP contribution in [0.1, 0.15) is 42.5 Å². The number of amides is 2. The van der Waals surface area contributed by atoms with E-state index in [4.69, 9.17) is 27.9 Å². The zero-order valence-electron chi connectivity index (χ0n) is 24.6. The van der Waals surface area contributed by atoms with E-state index < -0.39 is 22.0 Å². The third-order valence-corrected chi connectivity index (χ3v) is 11.6. The van der Waals surface area contributed by atoms with Crippen LogP contribution >= 0.6 is 23.2 Å². The van der Waals surface area contributed by atoms with E-state index in [0.717, 1.165) is 33.8 Å². The second-order valence-corrected chi connectivity index (χ2v) is 14.4. The molecule has 4 heterocycles. The quantitative estimate of drug-likeness (QED) is 0.375. The summed E-state index contributed by atoms with van der Waals surface area (Å²) in [6, 6.07) is 10.1. The Morgan fingerprint density at radius 2 is 1.84 bits per heavy atom. The number of hydrogen-bond donors (Lipinski definition) is 2. The number of carbonyl (C=O) groups excluding carboxylic acids is 2. The SMILES string of the molecule is Cc1cc(C)c2cccc(OCc3c(Cl)ccc(S(=O)(=O)N4CCCC4C(=O)NCC(=O)N4CC5CCC(C4)N5)c3Cl)c2n1. The highest BCUT2D eigenvalue weighted by molar-refractivity contribution is 7.89. The average molecular weight is 661 g/mol. The van der Waals surface area contributed by atoms with Gasteiger partial charge in [-0.15, -0.1) is 0 Å². The number of sulfonamides is 1. The van der Waals surface area contributed by atoms with Crippen molar-refractivity contribution in [1.29, 1.82) is 0 Å². The minimum atomic E-state index is -4.19. The molecule has 3 fully saturated rings. The number of fused-ring (bicyclic) bond motifs is 3. The first kappa shape index (κ1) is 31.0. The predicted molar refractivity (Wildman–Crippen MR) is 168 cm³/mol. The van der Waals surface area contributed by atoms with Crippen molar-refractivity contribution in [3.63, 3.8) is 0 Å². The summed E-state index contributed by atoms with van der Waals surface area (Å²) < 4.78 is 35.1. The van der Waals surface area contributed by atoms with Gasteiger partial charge in [0.1, 0.15) is 28.8 Å². The summed E-state index contributed by atoms with van der Waals surface area (Å²) in [7, 11) is -4.19. The number of piperazine rings is 1. The molecule has 2 aromatic carbocycles. The van der Waals surface area contributed by atoms with E-state index in [1.807, 2.05) is 32.0 Å². The van der Waals surface area contributed by atoms with Gasteiger partial charge in [0.25, 0.3) is 0 Å². The van der Waals surface area contributed by atoms with Crippen molar-refractivity contribution >= 4 is 55.9 Å². The molecule has 3 unspecified atom stereocenters. The van der Waals surface area contributed by atoms with Crippen molar-refractivity contribution in [2.45, 2.75) is 69.2 Å². The Hall–Kier alpha value is -2.96. The summed E-state index contributed by atoms with van der Waals surface area (Å²) in [6.07, 6.45) is 2.92. The largest absolute Gasteiger partial charge is 0.487 e. The number of rotatable bonds is 8. The fourth-order valence-electron chi connectivity index (χ4n) is 6.54. The Morgan fingerprint density at radius 1 is 1.09 bits per heavy atom. The van der Waals surface area contributed by atoms with Gasteiger partial charge in [-0.3, -0.25) is 9.59 Å². The fraction of sp³-hybridized carbons (Fsp3) is 0.452. The van der Waals surface area contributed by atoms with Crippen molar-refractivity contribution in [1.82, 2.24) is 24.8 Å². The van der Waals surface area contributed by atoms with E-state index in [0.29, 0.717) is 54.8 Å². The molecule has 2 N–H and O–H groups in total. The predicted octanol–water partition coefficient (Wildman–Crippen LogP) is 3.97. The second-order valence-electron chi connectivity index (χ2n) is 11.8. The lowest BCUT2D eigenvalue weighted by molar-refractivity contribution is -0.134. The number of aromatic nitrogens is 1. The Kier molecular flexibility index (Phi) is 8.78. The van der Waals surface area contributed by atoms with Crippen LogP contribution in [0.3, 0.4) is 0 Å². The molecule has 3 aliphatic rings. The standard InChI is InChI=1S/C31H35Cl2N5O5S/c1-18-13-19(2)35-30-22(18)5-3-7-26(30)43-17-23-24(32)10-11-27(29(23)33)44(41,42)38-12-4-6-25(38)31(40)34-14-28(39)37-15-20-8-9-21(16-37)36-20/h3,5,7,10-11,13,20-21,25,36H,4,6,8-9,12,14-17H2,1-2H3,(H,34,40). The van der Waals surface area contributed by atoms with Crippen LogP contribution in [0.25, 0.3) is 10.9 Å². The minimum absolute atomic E-state index is 0.0624. The van der Waals surface area contributed by atoms with Gasteiger partial charge in [-0.25, -0.2) is 13.4 Å². The van der Waals surface area contributed by atoms with Crippen LogP contribution in [0.5, 0.6) is 5.75 Å². The number of carbonyl (C=O) groups is 2. The molecule has 6 rings (SSSR count). The van der Waals surface area contributed by atoms with Gasteiger partial charge in [-0.1, -0.05) is 35.3 Å². The van der Waals surface area contributed by atoms with Gasteiger partial charge < -0.3 is 20.3 Å². The van der Waals surface area contributed by atoms with E-state index >= 15 is 0 Å². The summed E-state index contributed by atoms with van der Waals surface area (Å²) in [4.78, 5) is 32.3. The first-order chi connectivity index (χ1) is 21.0. The molecule has 234 valence electrons. The highest BCUT2D eigenvalue weighted by atomic mass is 35.5. The van der Waals surface area contributed by atoms with E-state index in [1.54, 1.807) is 11.0 Å². The van der Waals surface area contributed by atoms with Gasteiger partial charge in [0.2, 0.25) is 21.8 Å². The molecule has 3 atom stereocenters. The van der Waals surface area contributed by atoms with Gasteiger partial charge in [0, 0.05) is 53.4 Å². The van der Waals surface area contributed by atoms with Crippen molar-refractivity contribution in [3.05, 3.63) is 63.3 Å². The lowest BCUT2D eigenvalue weighted by atomic mass is 10.1. The van der Waals surface area contributed by atoms with Gasteiger partial charge in [0.05, 0.1) is 11.6 Å². The Balaban J connectivity index is 1.17. The number of likely N-dealkylation sites (tertiary alicyclic amines) is 1. The second kappa shape index (κ2) is 12.4. The molecule has 3 aliphatic heterocycles. The normalized spacial score (nSPS) is 22.0. The van der Waals surface area contributed by atoms with Crippen LogP contribution in [-0.4, -0.2) is 78.7 Å². The Bertz CT molecular complexity index is 1720. The minimum Gasteiger partial charge on any atom is -0.487 e. The number of benzene rings is 2. The third kappa shape index (κ3) is 6.00. The van der Waals surface area contributed by atoms with Crippen LogP contribution in [0.15, 0.2) is 41.3 Å². The molecule has 13 heteroatoms. The number of nitrogens with zero attached hydrogens (tertiary/aromatic N) is 3. The van der Waals surface area contributed by atoms with Crippen LogP contribution < -0.4 is 15.4 Å². The van der Waals surface area contributed by atoms with Crippen molar-refractivity contribution in [3.8, 4) is 5.75 Å². The summed E-state index contributed by atoms with van der Waals surface area (Å²) in [6.45, 7) is 5.04. The first-order valence-corrected chi connectivity index (χ1v) is 17.0. The average Bonchev–Trinajstić information content (AvgIpc) is 3.62. The zero-order valence-corrected chi connectivity index (χ0v) is 26.9. The van der Waals surface area contributed by atoms with E-state index in [9.17, 15) is 18.0 Å². The van der Waals surface area contributed by atoms with Gasteiger partial charge in [-0.2, -0.15) is 4.31 Å². The molecular weight excluding hydrogens is 625 g/mol. The van der Waals surface area contributed by atoms with Crippen molar-refractivity contribution in [2.75, 3.05) is 26.2 Å². The number of pyridine rings is 1. The molecule has 3 saturated heterocycles. The number of para-hydroxylation sites is 1. The van der Waals surface area contributed by atoms with Gasteiger partial charge in [-0.05, 0) is 69.4 Å². The molecule has 0 spiro atoms. The van der Waals surface area contributed by atoms with E-state index in [-0.39, 0.29) is 40.5 Å². The monoisotopic (exact) mass is 659 g/mol. The maximum absolute atomic E-state index is 13.9. The molecule has 10 nitrogen and oxygen atoms in total. The molecular formula is C31H35Cl2N5O5S. The summed E-state index contributed by atoms with van der Waals surface area (Å²) >= 11 is 13.2. The molecule has 1 aromatic heterocycles. The van der Waals surface area contributed by atoms with E-state index in [2.05, 4.69) is 15.6 Å². The molecule has 2 bridgehead atoms. The molecule has 3 aromatic rings. The third-order valence-electron chi connectivity index (χ3n) is 8.74. The smallest absolute Gasteiger partial charge is 0.245 e. The number of halogens is 2. The molecule has 0 aliphatic carbocycles. The van der Waals surface area contributed by atoms with Crippen LogP contribution in [0.2, 0.25) is 10.0 Å². The fourth-order valence-corrected chi connectivity index (χ4v) is 9.06. The molecule has 0 saturated carbocycles. The van der Waals surface area contributed by atoms with Gasteiger partial charge >= 0.3 is 0 Å². The van der Waals surface area contributed by atoms with Crippen molar-refractivity contribution in [2.24, 2.45) is 0 Å². The maximum Gasteiger partial charge on any atom is 0.245 e. The Labute approximate surface area is 267 Å². The lowest BCUT2D eigenvalue weighted by Gasteiger charge is -2.33. The van der Waals surface area contributed by atoms with E-state index in [1.165, 1.54) is 12.1 Å². The topological polar surface area (TPSA) is 121 Å². The van der Waals surface area contributed by atoms with Crippen LogP contribution in [-0.2, 0) is 26.2 Å². The maximum atomic E-state index is 13.9. The number of ether oxygens (including phenoxy) is 1. The van der Waals surface area contributed by atoms with Crippen LogP contribution in [0.4, 0.5) is 0 Å². The first-order valence-electron chi connectivity index (χ1n) is 14.8. The number of aryl methyl sites for hydroxylation is 2. The highest BCUT2D eigenvalue weighted by Crippen LogP contribution is 2.36. The highest BCUT2D eigenvalue weighted by Gasteiger charge is 2.41. The zero-order chi connectivity index (χ0) is 31.2. The summed E-state index contributed by atoms with van der Waals surface area (Å²) in [5, 5.41) is 7.30. The van der Waals surface area contributed by atoms with Crippen LogP contribution in [0, 0.1) is 13.8 Å². The molecule has 44 heavy (non-hydrogen) atoms. The number of hydrogen-bond acceptors (Lipinski definition) is 7. The van der Waals surface area contributed by atoms with Gasteiger partial charge in [0.15, 0.2) is 0 Å². The van der Waals surface area contributed by atoms with Crippen molar-refractivity contribution < 1.29 is 22.7 Å². The summed E-state index contributed by atoms with van der Waals surface area (Å²) in [5.41, 5.74) is 2.91. The molecule has 0 radical (unpaired) electrons. The number of nitrogens with one attached hydrogen (secondary N) is 2. The lowest BCUT2D eigenvalue weighted by Crippen LogP contribution is -2.55. The molecule has 2 amide bonds. The Morgan fingerprint density at radius 3 is 2.59 bits per heavy atom. The summed E-state index contributed by atoms with van der Waals surface area (Å²) in [5.74, 6) is -0.143.